The molecule has 4 aromatic rings. The zero-order valence-electron chi connectivity index (χ0n) is 15.1. The van der Waals surface area contributed by atoms with Gasteiger partial charge in [-0.05, 0) is 54.1 Å². The Balaban J connectivity index is 1.48. The number of oxazole rings is 1. The summed E-state index contributed by atoms with van der Waals surface area (Å²) in [5, 5.41) is 2.83. The standard InChI is InChI=1S/C22H17N3O3/c1-27-18-8-4-15(5-9-18)6-11-21(26)24-17-7-10-20-19(13-17)25-22(28-20)16-3-2-12-23-14-16/h2-14H,1H3,(H,24,26)/b11-6+. The summed E-state index contributed by atoms with van der Waals surface area (Å²) in [4.78, 5) is 20.7. The molecule has 0 atom stereocenters. The third-order valence-electron chi connectivity index (χ3n) is 4.11. The molecule has 1 N–H and O–H groups in total. The second kappa shape index (κ2) is 7.75. The van der Waals surface area contributed by atoms with E-state index >= 15 is 0 Å². The monoisotopic (exact) mass is 371 g/mol. The van der Waals surface area contributed by atoms with Crippen LogP contribution in [0, 0.1) is 0 Å². The number of anilines is 1. The maximum atomic E-state index is 12.2. The molecule has 6 nitrogen and oxygen atoms in total. The number of fused-ring (bicyclic) bond motifs is 1. The molecule has 0 aliphatic rings. The second-order valence-electron chi connectivity index (χ2n) is 6.04. The predicted octanol–water partition coefficient (Wildman–Crippen LogP) is 4.55. The molecule has 28 heavy (non-hydrogen) atoms. The predicted molar refractivity (Wildman–Crippen MR) is 108 cm³/mol. The van der Waals surface area contributed by atoms with E-state index in [0.717, 1.165) is 16.9 Å². The Morgan fingerprint density at radius 1 is 1.14 bits per heavy atom. The van der Waals surface area contributed by atoms with Gasteiger partial charge in [0.2, 0.25) is 11.8 Å². The van der Waals surface area contributed by atoms with Crippen LogP contribution in [0.2, 0.25) is 0 Å². The summed E-state index contributed by atoms with van der Waals surface area (Å²) in [6.07, 6.45) is 6.61. The number of carbonyl (C=O) groups is 1. The van der Waals surface area contributed by atoms with Gasteiger partial charge in [-0.2, -0.15) is 0 Å². The van der Waals surface area contributed by atoms with Crippen LogP contribution >= 0.6 is 0 Å². The first-order valence-electron chi connectivity index (χ1n) is 8.65. The first-order valence-corrected chi connectivity index (χ1v) is 8.65. The molecule has 0 fully saturated rings. The molecule has 0 unspecified atom stereocenters. The number of methoxy groups -OCH3 is 1. The third-order valence-corrected chi connectivity index (χ3v) is 4.11. The molecule has 0 saturated carbocycles. The number of nitrogens with one attached hydrogen (secondary N) is 1. The Morgan fingerprint density at radius 3 is 2.75 bits per heavy atom. The zero-order chi connectivity index (χ0) is 19.3. The Labute approximate surface area is 161 Å². The zero-order valence-corrected chi connectivity index (χ0v) is 15.1. The van der Waals surface area contributed by atoms with Crippen molar-refractivity contribution in [1.82, 2.24) is 9.97 Å². The minimum absolute atomic E-state index is 0.230. The van der Waals surface area contributed by atoms with Gasteiger partial charge in [0.25, 0.3) is 0 Å². The minimum Gasteiger partial charge on any atom is -0.497 e. The highest BCUT2D eigenvalue weighted by Crippen LogP contribution is 2.25. The van der Waals surface area contributed by atoms with Crippen molar-refractivity contribution in [3.63, 3.8) is 0 Å². The smallest absolute Gasteiger partial charge is 0.248 e. The molecule has 0 spiro atoms. The van der Waals surface area contributed by atoms with E-state index < -0.39 is 0 Å². The molecule has 0 saturated heterocycles. The van der Waals surface area contributed by atoms with Crippen LogP contribution in [-0.4, -0.2) is 23.0 Å². The number of ether oxygens (including phenoxy) is 1. The lowest BCUT2D eigenvalue weighted by atomic mass is 10.2. The van der Waals surface area contributed by atoms with Crippen LogP contribution < -0.4 is 10.1 Å². The highest BCUT2D eigenvalue weighted by atomic mass is 16.5. The van der Waals surface area contributed by atoms with Crippen molar-refractivity contribution in [3.8, 4) is 17.2 Å². The molecule has 138 valence electrons. The van der Waals surface area contributed by atoms with Crippen molar-refractivity contribution in [2.24, 2.45) is 0 Å². The number of nitrogens with zero attached hydrogens (tertiary/aromatic N) is 2. The van der Waals surface area contributed by atoms with Crippen LogP contribution in [-0.2, 0) is 4.79 Å². The normalized spacial score (nSPS) is 11.0. The Morgan fingerprint density at radius 2 is 2.00 bits per heavy atom. The van der Waals surface area contributed by atoms with E-state index in [1.165, 1.54) is 6.08 Å². The number of benzene rings is 2. The van der Waals surface area contributed by atoms with Crippen molar-refractivity contribution >= 4 is 28.8 Å². The fourth-order valence-corrected chi connectivity index (χ4v) is 2.69. The van der Waals surface area contributed by atoms with E-state index in [1.54, 1.807) is 43.8 Å². The van der Waals surface area contributed by atoms with Gasteiger partial charge in [0.05, 0.1) is 12.7 Å². The Hall–Kier alpha value is -3.93. The van der Waals surface area contributed by atoms with Crippen molar-refractivity contribution < 1.29 is 13.9 Å². The van der Waals surface area contributed by atoms with Crippen molar-refractivity contribution in [1.29, 1.82) is 0 Å². The first kappa shape index (κ1) is 17.5. The maximum Gasteiger partial charge on any atom is 0.248 e. The summed E-state index contributed by atoms with van der Waals surface area (Å²) >= 11 is 0. The number of carbonyl (C=O) groups excluding carboxylic acids is 1. The first-order chi connectivity index (χ1) is 13.7. The third kappa shape index (κ3) is 3.91. The van der Waals surface area contributed by atoms with E-state index in [-0.39, 0.29) is 5.91 Å². The molecule has 0 aliphatic heterocycles. The molecule has 2 heterocycles. The topological polar surface area (TPSA) is 77.2 Å². The molecule has 2 aromatic carbocycles. The summed E-state index contributed by atoms with van der Waals surface area (Å²) in [5.74, 6) is 1.03. The van der Waals surface area contributed by atoms with Crippen LogP contribution in [0.15, 0.2) is 77.5 Å². The number of hydrogen-bond acceptors (Lipinski definition) is 5. The van der Waals surface area contributed by atoms with Gasteiger partial charge < -0.3 is 14.5 Å². The number of aromatic nitrogens is 2. The molecule has 0 aliphatic carbocycles. The summed E-state index contributed by atoms with van der Waals surface area (Å²) in [6.45, 7) is 0. The highest BCUT2D eigenvalue weighted by molar-refractivity contribution is 6.02. The highest BCUT2D eigenvalue weighted by Gasteiger charge is 2.09. The largest absolute Gasteiger partial charge is 0.497 e. The molecule has 0 bridgehead atoms. The molecule has 6 heteroatoms. The Kier molecular flexibility index (Phi) is 4.84. The Bertz CT molecular complexity index is 1130. The molecular weight excluding hydrogens is 354 g/mol. The van der Waals surface area contributed by atoms with Crippen LogP contribution in [0.4, 0.5) is 5.69 Å². The van der Waals surface area contributed by atoms with Crippen LogP contribution in [0.25, 0.3) is 28.6 Å². The lowest BCUT2D eigenvalue weighted by molar-refractivity contribution is -0.111. The van der Waals surface area contributed by atoms with E-state index in [4.69, 9.17) is 9.15 Å². The SMILES string of the molecule is COc1ccc(/C=C/C(=O)Nc2ccc3oc(-c4cccnc4)nc3c2)cc1. The van der Waals surface area contributed by atoms with Gasteiger partial charge in [-0.1, -0.05) is 12.1 Å². The van der Waals surface area contributed by atoms with E-state index in [2.05, 4.69) is 15.3 Å². The average molecular weight is 371 g/mol. The lowest BCUT2D eigenvalue weighted by Gasteiger charge is -2.02. The fraction of sp³-hybridized carbons (Fsp3) is 0.0455. The van der Waals surface area contributed by atoms with Gasteiger partial charge in [0.1, 0.15) is 11.3 Å². The van der Waals surface area contributed by atoms with Crippen molar-refractivity contribution in [2.75, 3.05) is 12.4 Å². The van der Waals surface area contributed by atoms with Crippen LogP contribution in [0.5, 0.6) is 5.75 Å². The summed E-state index contributed by atoms with van der Waals surface area (Å²) < 4.78 is 10.9. The van der Waals surface area contributed by atoms with Gasteiger partial charge in [-0.25, -0.2) is 4.98 Å². The van der Waals surface area contributed by atoms with E-state index in [0.29, 0.717) is 22.7 Å². The van der Waals surface area contributed by atoms with Gasteiger partial charge in [0, 0.05) is 24.2 Å². The van der Waals surface area contributed by atoms with Crippen LogP contribution in [0.3, 0.4) is 0 Å². The number of rotatable bonds is 5. The van der Waals surface area contributed by atoms with Gasteiger partial charge in [0.15, 0.2) is 5.58 Å². The molecular formula is C22H17N3O3. The number of amides is 1. The minimum atomic E-state index is -0.230. The molecule has 4 rings (SSSR count). The average Bonchev–Trinajstić information content (AvgIpc) is 3.17. The van der Waals surface area contributed by atoms with Crippen LogP contribution in [0.1, 0.15) is 5.56 Å². The van der Waals surface area contributed by atoms with Crippen molar-refractivity contribution in [3.05, 3.63) is 78.6 Å². The molecule has 0 radical (unpaired) electrons. The quantitative estimate of drug-likeness (QED) is 0.521. The van der Waals surface area contributed by atoms with E-state index in [1.807, 2.05) is 36.4 Å². The van der Waals surface area contributed by atoms with E-state index in [9.17, 15) is 4.79 Å². The summed E-state index contributed by atoms with van der Waals surface area (Å²) in [7, 11) is 1.61. The summed E-state index contributed by atoms with van der Waals surface area (Å²) in [6, 6.07) is 16.5. The van der Waals surface area contributed by atoms with Gasteiger partial charge in [-0.3, -0.25) is 9.78 Å². The van der Waals surface area contributed by atoms with Gasteiger partial charge >= 0.3 is 0 Å². The molecule has 2 aromatic heterocycles. The summed E-state index contributed by atoms with van der Waals surface area (Å²) in [5.41, 5.74) is 3.65. The maximum absolute atomic E-state index is 12.2. The van der Waals surface area contributed by atoms with Gasteiger partial charge in [-0.15, -0.1) is 0 Å². The lowest BCUT2D eigenvalue weighted by Crippen LogP contribution is -2.07. The molecule has 1 amide bonds. The number of hydrogen-bond donors (Lipinski definition) is 1. The van der Waals surface area contributed by atoms with Crippen molar-refractivity contribution in [2.45, 2.75) is 0 Å². The fourth-order valence-electron chi connectivity index (χ4n) is 2.69. The number of pyridine rings is 1. The second-order valence-corrected chi connectivity index (χ2v) is 6.04.